The summed E-state index contributed by atoms with van der Waals surface area (Å²) in [5, 5.41) is 0.984. The molecule has 0 N–H and O–H groups in total. The molecule has 0 saturated heterocycles. The third-order valence-electron chi connectivity index (χ3n) is 5.12. The predicted molar refractivity (Wildman–Crippen MR) is 126 cm³/mol. The molecule has 0 spiro atoms. The van der Waals surface area contributed by atoms with Crippen LogP contribution >= 0.6 is 23.2 Å². The number of rotatable bonds is 5. The molecule has 3 aromatic carbocycles. The standard InChI is InChI=1S/C25H21Cl2NO3/c1-15-22(30-14-17-6-10-20(26)21(27)12-17)11-9-19-24(29)23(31-25(15)19)13-16-4-7-18(8-5-16)28(2)3/h4-13H,14H2,1-3H3/b23-13-. The molecule has 3 aromatic rings. The van der Waals surface area contributed by atoms with Gasteiger partial charge in [0.1, 0.15) is 18.1 Å². The molecule has 1 aliphatic heterocycles. The van der Waals surface area contributed by atoms with E-state index < -0.39 is 0 Å². The van der Waals surface area contributed by atoms with E-state index in [4.69, 9.17) is 32.7 Å². The maximum absolute atomic E-state index is 12.8. The summed E-state index contributed by atoms with van der Waals surface area (Å²) in [5.41, 5.74) is 4.19. The van der Waals surface area contributed by atoms with E-state index in [2.05, 4.69) is 0 Å². The highest BCUT2D eigenvalue weighted by molar-refractivity contribution is 6.42. The molecule has 0 radical (unpaired) electrons. The quantitative estimate of drug-likeness (QED) is 0.409. The van der Waals surface area contributed by atoms with E-state index in [1.165, 1.54) is 0 Å². The number of ketones is 1. The molecule has 0 fully saturated rings. The fourth-order valence-corrected chi connectivity index (χ4v) is 3.66. The molecule has 0 aromatic heterocycles. The Hall–Kier alpha value is -2.95. The summed E-state index contributed by atoms with van der Waals surface area (Å²) in [6.07, 6.45) is 1.76. The summed E-state index contributed by atoms with van der Waals surface area (Å²) in [5.74, 6) is 1.35. The zero-order chi connectivity index (χ0) is 22.1. The summed E-state index contributed by atoms with van der Waals surface area (Å²) < 4.78 is 11.9. The number of nitrogens with zero attached hydrogens (tertiary/aromatic N) is 1. The minimum absolute atomic E-state index is 0.134. The van der Waals surface area contributed by atoms with Gasteiger partial charge in [0.2, 0.25) is 5.78 Å². The number of halogens is 2. The Morgan fingerprint density at radius 3 is 2.42 bits per heavy atom. The Balaban J connectivity index is 1.54. The van der Waals surface area contributed by atoms with Crippen LogP contribution in [-0.4, -0.2) is 19.9 Å². The number of carbonyl (C=O) groups excluding carboxylic acids is 1. The lowest BCUT2D eigenvalue weighted by atomic mass is 10.1. The van der Waals surface area contributed by atoms with Gasteiger partial charge in [0.25, 0.3) is 0 Å². The largest absolute Gasteiger partial charge is 0.488 e. The molecule has 4 rings (SSSR count). The number of anilines is 1. The lowest BCUT2D eigenvalue weighted by molar-refractivity contribution is 0.101. The van der Waals surface area contributed by atoms with Gasteiger partial charge in [-0.15, -0.1) is 0 Å². The number of allylic oxidation sites excluding steroid dienone is 1. The Labute approximate surface area is 191 Å². The molecule has 1 heterocycles. The van der Waals surface area contributed by atoms with Crippen molar-refractivity contribution in [1.29, 1.82) is 0 Å². The number of Topliss-reactive ketones (excluding diaryl/α,β-unsaturated/α-hetero) is 1. The van der Waals surface area contributed by atoms with Crippen molar-refractivity contribution in [1.82, 2.24) is 0 Å². The van der Waals surface area contributed by atoms with Gasteiger partial charge >= 0.3 is 0 Å². The van der Waals surface area contributed by atoms with Crippen molar-refractivity contribution >= 4 is 40.7 Å². The number of ether oxygens (including phenoxy) is 2. The highest BCUT2D eigenvalue weighted by Gasteiger charge is 2.30. The van der Waals surface area contributed by atoms with Crippen LogP contribution in [0.15, 0.2) is 60.4 Å². The van der Waals surface area contributed by atoms with Gasteiger partial charge in [-0.1, -0.05) is 41.4 Å². The van der Waals surface area contributed by atoms with Crippen LogP contribution in [0, 0.1) is 6.92 Å². The van der Waals surface area contributed by atoms with Crippen LogP contribution in [0.4, 0.5) is 5.69 Å². The normalized spacial score (nSPS) is 13.8. The summed E-state index contributed by atoms with van der Waals surface area (Å²) in [7, 11) is 3.97. The Morgan fingerprint density at radius 1 is 1.00 bits per heavy atom. The first-order valence-electron chi connectivity index (χ1n) is 9.75. The fourth-order valence-electron chi connectivity index (χ4n) is 3.33. The minimum Gasteiger partial charge on any atom is -0.488 e. The Bertz CT molecular complexity index is 1180. The zero-order valence-corrected chi connectivity index (χ0v) is 18.9. The van der Waals surface area contributed by atoms with Gasteiger partial charge in [0.05, 0.1) is 15.6 Å². The molecule has 0 atom stereocenters. The maximum Gasteiger partial charge on any atom is 0.231 e. The molecule has 4 nitrogen and oxygen atoms in total. The second kappa shape index (κ2) is 8.66. The maximum atomic E-state index is 12.8. The van der Waals surface area contributed by atoms with Crippen LogP contribution < -0.4 is 14.4 Å². The molecular formula is C25H21Cl2NO3. The van der Waals surface area contributed by atoms with Crippen LogP contribution in [0.2, 0.25) is 10.0 Å². The van der Waals surface area contributed by atoms with Gasteiger partial charge < -0.3 is 14.4 Å². The van der Waals surface area contributed by atoms with Crippen molar-refractivity contribution in [3.8, 4) is 11.5 Å². The molecule has 31 heavy (non-hydrogen) atoms. The molecule has 0 bridgehead atoms. The number of fused-ring (bicyclic) bond motifs is 1. The average molecular weight is 454 g/mol. The topological polar surface area (TPSA) is 38.8 Å². The molecular weight excluding hydrogens is 433 g/mol. The highest BCUT2D eigenvalue weighted by Crippen LogP contribution is 2.39. The molecule has 0 aliphatic carbocycles. The van der Waals surface area contributed by atoms with Crippen molar-refractivity contribution in [3.63, 3.8) is 0 Å². The lowest BCUT2D eigenvalue weighted by Gasteiger charge is -2.12. The van der Waals surface area contributed by atoms with Crippen molar-refractivity contribution in [2.75, 3.05) is 19.0 Å². The second-order valence-corrected chi connectivity index (χ2v) is 8.34. The Morgan fingerprint density at radius 2 is 1.74 bits per heavy atom. The van der Waals surface area contributed by atoms with E-state index in [0.717, 1.165) is 22.4 Å². The molecule has 158 valence electrons. The van der Waals surface area contributed by atoms with Crippen molar-refractivity contribution in [2.24, 2.45) is 0 Å². The fraction of sp³-hybridized carbons (Fsp3) is 0.160. The minimum atomic E-state index is -0.134. The van der Waals surface area contributed by atoms with Crippen molar-refractivity contribution in [2.45, 2.75) is 13.5 Å². The van der Waals surface area contributed by atoms with Crippen LogP contribution in [-0.2, 0) is 6.61 Å². The number of carbonyl (C=O) groups is 1. The van der Waals surface area contributed by atoms with Gasteiger partial charge in [0, 0.05) is 25.3 Å². The van der Waals surface area contributed by atoms with E-state index in [1.807, 2.05) is 56.3 Å². The predicted octanol–water partition coefficient (Wildman–Crippen LogP) is 6.56. The van der Waals surface area contributed by atoms with Crippen LogP contribution in [0.5, 0.6) is 11.5 Å². The van der Waals surface area contributed by atoms with Crippen molar-refractivity contribution < 1.29 is 14.3 Å². The zero-order valence-electron chi connectivity index (χ0n) is 17.4. The lowest BCUT2D eigenvalue weighted by Crippen LogP contribution is -2.08. The average Bonchev–Trinajstić information content (AvgIpc) is 3.07. The third-order valence-corrected chi connectivity index (χ3v) is 5.86. The number of hydrogen-bond acceptors (Lipinski definition) is 4. The molecule has 0 unspecified atom stereocenters. The number of benzene rings is 3. The highest BCUT2D eigenvalue weighted by atomic mass is 35.5. The molecule has 6 heteroatoms. The first-order valence-corrected chi connectivity index (χ1v) is 10.5. The smallest absolute Gasteiger partial charge is 0.231 e. The third kappa shape index (κ3) is 4.41. The van der Waals surface area contributed by atoms with Crippen LogP contribution in [0.3, 0.4) is 0 Å². The summed E-state index contributed by atoms with van der Waals surface area (Å²) >= 11 is 12.0. The number of hydrogen-bond donors (Lipinski definition) is 0. The van der Waals surface area contributed by atoms with E-state index in [9.17, 15) is 4.79 Å². The van der Waals surface area contributed by atoms with Gasteiger partial charge in [-0.2, -0.15) is 0 Å². The van der Waals surface area contributed by atoms with E-state index in [1.54, 1.807) is 30.3 Å². The first kappa shape index (κ1) is 21.3. The SMILES string of the molecule is Cc1c(OCc2ccc(Cl)c(Cl)c2)ccc2c1O/C(=C\c1ccc(N(C)C)cc1)C2=O. The molecule has 1 aliphatic rings. The van der Waals surface area contributed by atoms with Crippen molar-refractivity contribution in [3.05, 3.63) is 92.7 Å². The Kier molecular flexibility index (Phi) is 5.94. The van der Waals surface area contributed by atoms with Crippen LogP contribution in [0.1, 0.15) is 27.0 Å². The van der Waals surface area contributed by atoms with Crippen LogP contribution in [0.25, 0.3) is 6.08 Å². The van der Waals surface area contributed by atoms with Gasteiger partial charge in [0.15, 0.2) is 5.76 Å². The van der Waals surface area contributed by atoms with E-state index in [0.29, 0.717) is 39.5 Å². The van der Waals surface area contributed by atoms with Gasteiger partial charge in [-0.05, 0) is 60.5 Å². The van der Waals surface area contributed by atoms with Gasteiger partial charge in [-0.3, -0.25) is 4.79 Å². The van der Waals surface area contributed by atoms with Gasteiger partial charge in [-0.25, -0.2) is 0 Å². The van der Waals surface area contributed by atoms with E-state index in [-0.39, 0.29) is 5.78 Å². The monoisotopic (exact) mass is 453 g/mol. The molecule has 0 amide bonds. The first-order chi connectivity index (χ1) is 14.8. The van der Waals surface area contributed by atoms with E-state index >= 15 is 0 Å². The summed E-state index contributed by atoms with van der Waals surface area (Å²) in [6, 6.07) is 16.8. The summed E-state index contributed by atoms with van der Waals surface area (Å²) in [6.45, 7) is 2.20. The molecule has 0 saturated carbocycles. The summed E-state index contributed by atoms with van der Waals surface area (Å²) in [4.78, 5) is 14.8. The second-order valence-electron chi connectivity index (χ2n) is 7.53.